The molecule has 1 aromatic rings. The molecular formula is C14H24N4O3S. The normalized spacial score (nSPS) is 19.4. The highest BCUT2D eigenvalue weighted by Gasteiger charge is 2.26. The van der Waals surface area contributed by atoms with Crippen LogP contribution in [0.3, 0.4) is 0 Å². The Hall–Kier alpha value is -1.41. The predicted molar refractivity (Wildman–Crippen MR) is 83.8 cm³/mol. The maximum Gasteiger partial charge on any atom is 0.224 e. The highest BCUT2D eigenvalue weighted by molar-refractivity contribution is 7.88. The van der Waals surface area contributed by atoms with Crippen molar-refractivity contribution in [3.63, 3.8) is 0 Å². The summed E-state index contributed by atoms with van der Waals surface area (Å²) in [6.45, 7) is 3.58. The van der Waals surface area contributed by atoms with Gasteiger partial charge < -0.3 is 4.90 Å². The monoisotopic (exact) mass is 328 g/mol. The maximum atomic E-state index is 12.4. The number of likely N-dealkylation sites (tertiary alicyclic amines) is 1. The minimum absolute atomic E-state index is 0.00438. The molecule has 0 radical (unpaired) electrons. The summed E-state index contributed by atoms with van der Waals surface area (Å²) in [7, 11) is -3.24. The number of carbonyl (C=O) groups is 1. The number of rotatable bonds is 6. The van der Waals surface area contributed by atoms with Gasteiger partial charge in [0, 0.05) is 25.7 Å². The van der Waals surface area contributed by atoms with Crippen molar-refractivity contribution in [2.75, 3.05) is 19.3 Å². The summed E-state index contributed by atoms with van der Waals surface area (Å²) in [4.78, 5) is 14.2. The van der Waals surface area contributed by atoms with E-state index in [1.807, 2.05) is 28.9 Å². The molecule has 0 aliphatic carbocycles. The predicted octanol–water partition coefficient (Wildman–Crippen LogP) is 0.512. The summed E-state index contributed by atoms with van der Waals surface area (Å²) in [5.41, 5.74) is 1.10. The minimum atomic E-state index is -3.24. The van der Waals surface area contributed by atoms with Gasteiger partial charge in [-0.05, 0) is 31.7 Å². The highest BCUT2D eigenvalue weighted by Crippen LogP contribution is 2.19. The Morgan fingerprint density at radius 1 is 1.45 bits per heavy atom. The molecule has 2 rings (SSSR count). The molecule has 0 spiro atoms. The van der Waals surface area contributed by atoms with Crippen LogP contribution in [-0.2, 0) is 21.4 Å². The maximum absolute atomic E-state index is 12.4. The number of carbonyl (C=O) groups excluding carboxylic acids is 1. The first-order valence-corrected chi connectivity index (χ1v) is 9.47. The van der Waals surface area contributed by atoms with Gasteiger partial charge in [0.2, 0.25) is 15.9 Å². The van der Waals surface area contributed by atoms with Crippen molar-refractivity contribution in [1.82, 2.24) is 19.4 Å². The van der Waals surface area contributed by atoms with Gasteiger partial charge in [-0.2, -0.15) is 5.10 Å². The van der Waals surface area contributed by atoms with E-state index in [0.29, 0.717) is 6.54 Å². The van der Waals surface area contributed by atoms with Gasteiger partial charge in [0.1, 0.15) is 0 Å². The molecule has 1 fully saturated rings. The van der Waals surface area contributed by atoms with E-state index < -0.39 is 10.0 Å². The van der Waals surface area contributed by atoms with Crippen LogP contribution >= 0.6 is 0 Å². The summed E-state index contributed by atoms with van der Waals surface area (Å²) in [6.07, 6.45) is 8.15. The number of sulfonamides is 1. The Morgan fingerprint density at radius 2 is 2.23 bits per heavy atom. The molecule has 1 saturated heterocycles. The Kier molecular flexibility index (Phi) is 5.57. The van der Waals surface area contributed by atoms with Crippen LogP contribution in [0, 0.1) is 6.92 Å². The van der Waals surface area contributed by atoms with E-state index in [9.17, 15) is 13.2 Å². The number of aryl methyl sites for hydroxylation is 1. The van der Waals surface area contributed by atoms with Crippen molar-refractivity contribution in [2.45, 2.75) is 45.2 Å². The fourth-order valence-corrected chi connectivity index (χ4v) is 3.26. The van der Waals surface area contributed by atoms with Gasteiger partial charge in [-0.25, -0.2) is 13.1 Å². The number of nitrogens with one attached hydrogen (secondary N) is 1. The summed E-state index contributed by atoms with van der Waals surface area (Å²) in [5.74, 6) is 0.00438. The zero-order valence-electron chi connectivity index (χ0n) is 13.2. The van der Waals surface area contributed by atoms with Crippen LogP contribution in [0.1, 0.15) is 31.2 Å². The largest absolute Gasteiger partial charge is 0.338 e. The third-order valence-electron chi connectivity index (χ3n) is 3.81. The van der Waals surface area contributed by atoms with E-state index in [-0.39, 0.29) is 24.9 Å². The van der Waals surface area contributed by atoms with Gasteiger partial charge in [-0.15, -0.1) is 0 Å². The van der Waals surface area contributed by atoms with Crippen LogP contribution in [0.15, 0.2) is 12.4 Å². The fraction of sp³-hybridized carbons (Fsp3) is 0.714. The number of aromatic nitrogens is 2. The first kappa shape index (κ1) is 17.0. The van der Waals surface area contributed by atoms with E-state index >= 15 is 0 Å². The van der Waals surface area contributed by atoms with Gasteiger partial charge in [-0.1, -0.05) is 0 Å². The zero-order valence-corrected chi connectivity index (χ0v) is 14.0. The number of piperidine rings is 1. The molecule has 0 saturated carbocycles. The van der Waals surface area contributed by atoms with Crippen molar-refractivity contribution >= 4 is 15.9 Å². The molecule has 1 N–H and O–H groups in total. The topological polar surface area (TPSA) is 84.3 Å². The quantitative estimate of drug-likeness (QED) is 0.825. The third-order valence-corrected chi connectivity index (χ3v) is 4.54. The standard InChI is InChI=1S/C14H24N4O3S/c1-12-9-15-17(10-12)11-13-5-3-4-8-18(13)14(19)6-7-16-22(2,20)21/h9-10,13,16H,3-8,11H2,1-2H3. The summed E-state index contributed by atoms with van der Waals surface area (Å²) in [5, 5.41) is 4.29. The first-order chi connectivity index (χ1) is 10.3. The molecule has 1 aromatic heterocycles. The Labute approximate surface area is 131 Å². The van der Waals surface area contributed by atoms with E-state index in [1.165, 1.54) is 0 Å². The molecule has 1 unspecified atom stereocenters. The van der Waals surface area contributed by atoms with Gasteiger partial charge in [0.25, 0.3) is 0 Å². The molecule has 1 aliphatic rings. The zero-order chi connectivity index (χ0) is 16.2. The second-order valence-corrected chi connectivity index (χ2v) is 7.73. The van der Waals surface area contributed by atoms with Gasteiger partial charge in [0.05, 0.1) is 25.0 Å². The smallest absolute Gasteiger partial charge is 0.224 e. The van der Waals surface area contributed by atoms with Crippen molar-refractivity contribution in [3.05, 3.63) is 18.0 Å². The molecule has 1 atom stereocenters. The first-order valence-electron chi connectivity index (χ1n) is 7.58. The van der Waals surface area contributed by atoms with E-state index in [1.54, 1.807) is 0 Å². The lowest BCUT2D eigenvalue weighted by molar-refractivity contribution is -0.135. The lowest BCUT2D eigenvalue weighted by Crippen LogP contribution is -2.46. The highest BCUT2D eigenvalue weighted by atomic mass is 32.2. The van der Waals surface area contributed by atoms with Crippen LogP contribution in [0.5, 0.6) is 0 Å². The molecular weight excluding hydrogens is 304 g/mol. The average Bonchev–Trinajstić information content (AvgIpc) is 2.83. The summed E-state index contributed by atoms with van der Waals surface area (Å²) in [6, 6.07) is 0.138. The van der Waals surface area contributed by atoms with Crippen LogP contribution in [0.25, 0.3) is 0 Å². The molecule has 0 bridgehead atoms. The average molecular weight is 328 g/mol. The second kappa shape index (κ2) is 7.23. The molecule has 1 aliphatic heterocycles. The lowest BCUT2D eigenvalue weighted by atomic mass is 10.0. The van der Waals surface area contributed by atoms with Crippen LogP contribution < -0.4 is 4.72 Å². The molecule has 1 amide bonds. The number of hydrogen-bond acceptors (Lipinski definition) is 4. The van der Waals surface area contributed by atoms with Crippen LogP contribution in [0.4, 0.5) is 0 Å². The van der Waals surface area contributed by atoms with Crippen LogP contribution in [-0.4, -0.2) is 54.4 Å². The lowest BCUT2D eigenvalue weighted by Gasteiger charge is -2.35. The van der Waals surface area contributed by atoms with E-state index in [2.05, 4.69) is 9.82 Å². The molecule has 22 heavy (non-hydrogen) atoms. The van der Waals surface area contributed by atoms with Gasteiger partial charge >= 0.3 is 0 Å². The van der Waals surface area contributed by atoms with Crippen molar-refractivity contribution in [1.29, 1.82) is 0 Å². The number of hydrogen-bond donors (Lipinski definition) is 1. The Balaban J connectivity index is 1.92. The summed E-state index contributed by atoms with van der Waals surface area (Å²) < 4.78 is 26.3. The number of nitrogens with zero attached hydrogens (tertiary/aromatic N) is 3. The van der Waals surface area contributed by atoms with E-state index in [0.717, 1.165) is 37.6 Å². The molecule has 0 aromatic carbocycles. The van der Waals surface area contributed by atoms with Gasteiger partial charge in [-0.3, -0.25) is 9.48 Å². The molecule has 124 valence electrons. The Morgan fingerprint density at radius 3 is 2.86 bits per heavy atom. The second-order valence-electron chi connectivity index (χ2n) is 5.89. The van der Waals surface area contributed by atoms with Crippen molar-refractivity contribution in [3.8, 4) is 0 Å². The molecule has 2 heterocycles. The minimum Gasteiger partial charge on any atom is -0.338 e. The molecule has 8 heteroatoms. The van der Waals surface area contributed by atoms with Gasteiger partial charge in [0.15, 0.2) is 0 Å². The summed E-state index contributed by atoms with van der Waals surface area (Å²) >= 11 is 0. The van der Waals surface area contributed by atoms with E-state index in [4.69, 9.17) is 0 Å². The number of amides is 1. The Bertz CT molecular complexity index is 611. The van der Waals surface area contributed by atoms with Crippen LogP contribution in [0.2, 0.25) is 0 Å². The fourth-order valence-electron chi connectivity index (χ4n) is 2.79. The SMILES string of the molecule is Cc1cnn(CC2CCCCN2C(=O)CCNS(C)(=O)=O)c1. The third kappa shape index (κ3) is 5.10. The van der Waals surface area contributed by atoms with Crippen molar-refractivity contribution < 1.29 is 13.2 Å². The molecule has 7 nitrogen and oxygen atoms in total. The van der Waals surface area contributed by atoms with Crippen molar-refractivity contribution in [2.24, 2.45) is 0 Å².